The predicted octanol–water partition coefficient (Wildman–Crippen LogP) is 3.21. The molecule has 0 aromatic heterocycles. The highest BCUT2D eigenvalue weighted by Crippen LogP contribution is 2.85. The van der Waals surface area contributed by atoms with E-state index in [1.165, 1.54) is 19.3 Å². The normalized spacial score (nSPS) is 55.8. The molecule has 0 aliphatic heterocycles. The Morgan fingerprint density at radius 3 is 2.61 bits per heavy atom. The van der Waals surface area contributed by atoms with Crippen LogP contribution in [0.25, 0.3) is 0 Å². The summed E-state index contributed by atoms with van der Waals surface area (Å²) in [7, 11) is 0.511. The van der Waals surface area contributed by atoms with E-state index in [4.69, 9.17) is 9.16 Å². The molecule has 3 heteroatoms. The molecule has 0 aromatic rings. The first-order valence-electron chi connectivity index (χ1n) is 7.37. The molecule has 4 rings (SSSR count). The number of ether oxygens (including phenoxy) is 1. The highest BCUT2D eigenvalue weighted by atomic mass is 28.4. The van der Waals surface area contributed by atoms with Crippen LogP contribution in [0.4, 0.5) is 0 Å². The van der Waals surface area contributed by atoms with Crippen LogP contribution >= 0.6 is 0 Å². The van der Waals surface area contributed by atoms with Gasteiger partial charge in [0.1, 0.15) is 0 Å². The lowest BCUT2D eigenvalue weighted by molar-refractivity contribution is 0.0297. The van der Waals surface area contributed by atoms with Gasteiger partial charge in [-0.2, -0.15) is 0 Å². The highest BCUT2D eigenvalue weighted by Gasteiger charge is 2.88. The number of hydrogen-bond acceptors (Lipinski definition) is 2. The van der Waals surface area contributed by atoms with E-state index in [0.29, 0.717) is 23.4 Å². The Kier molecular flexibility index (Phi) is 2.03. The minimum atomic E-state index is -1.42. The van der Waals surface area contributed by atoms with Crippen molar-refractivity contribution in [1.82, 2.24) is 0 Å². The summed E-state index contributed by atoms with van der Waals surface area (Å²) in [5.74, 6) is 2.13. The molecule has 0 saturated heterocycles. The van der Waals surface area contributed by atoms with Crippen molar-refractivity contribution in [2.24, 2.45) is 23.2 Å². The van der Waals surface area contributed by atoms with Crippen molar-refractivity contribution >= 4 is 8.32 Å². The Morgan fingerprint density at radius 1 is 1.22 bits per heavy atom. The van der Waals surface area contributed by atoms with Crippen molar-refractivity contribution < 1.29 is 9.16 Å². The van der Waals surface area contributed by atoms with Gasteiger partial charge in [0, 0.05) is 30.5 Å². The molecule has 6 atom stereocenters. The quantitative estimate of drug-likeness (QED) is 0.575. The van der Waals surface area contributed by atoms with Crippen LogP contribution < -0.4 is 0 Å². The lowest BCUT2D eigenvalue weighted by atomic mass is 9.90. The predicted molar refractivity (Wildman–Crippen MR) is 73.9 cm³/mol. The molecule has 4 aliphatic carbocycles. The average molecular weight is 264 g/mol. The third-order valence-corrected chi connectivity index (χ3v) is 7.06. The van der Waals surface area contributed by atoms with Gasteiger partial charge in [0.25, 0.3) is 0 Å². The maximum atomic E-state index is 6.47. The molecule has 0 bridgehead atoms. The molecule has 0 aromatic carbocycles. The molecule has 0 N–H and O–H groups in total. The summed E-state index contributed by atoms with van der Waals surface area (Å²) in [4.78, 5) is 0. The Balaban J connectivity index is 1.64. The van der Waals surface area contributed by atoms with Gasteiger partial charge in [0.15, 0.2) is 8.32 Å². The van der Waals surface area contributed by atoms with Crippen molar-refractivity contribution in [2.45, 2.75) is 50.6 Å². The van der Waals surface area contributed by atoms with Crippen LogP contribution in [-0.2, 0) is 9.16 Å². The second kappa shape index (κ2) is 3.13. The molecule has 18 heavy (non-hydrogen) atoms. The zero-order valence-electron chi connectivity index (χ0n) is 11.9. The summed E-state index contributed by atoms with van der Waals surface area (Å²) in [5.41, 5.74) is 0.653. The van der Waals surface area contributed by atoms with Crippen LogP contribution in [0.3, 0.4) is 0 Å². The van der Waals surface area contributed by atoms with Crippen LogP contribution in [0, 0.1) is 23.2 Å². The Labute approximate surface area is 111 Å². The van der Waals surface area contributed by atoms with Crippen LogP contribution in [0.1, 0.15) is 19.3 Å². The van der Waals surface area contributed by atoms with Crippen LogP contribution in [0.5, 0.6) is 0 Å². The third kappa shape index (κ3) is 1.05. The Morgan fingerprint density at radius 2 is 2.00 bits per heavy atom. The third-order valence-electron chi connectivity index (χ3n) is 6.05. The summed E-state index contributed by atoms with van der Waals surface area (Å²) >= 11 is 0. The largest absolute Gasteiger partial charge is 0.414 e. The van der Waals surface area contributed by atoms with Gasteiger partial charge < -0.3 is 9.16 Å². The summed E-state index contributed by atoms with van der Waals surface area (Å²) in [6.07, 6.45) is 9.27. The van der Waals surface area contributed by atoms with Gasteiger partial charge in [-0.25, -0.2) is 0 Å². The zero-order valence-corrected chi connectivity index (χ0v) is 12.9. The number of methoxy groups -OCH3 is 1. The van der Waals surface area contributed by atoms with E-state index in [1.54, 1.807) is 0 Å². The van der Waals surface area contributed by atoms with Gasteiger partial charge in [-0.15, -0.1) is 0 Å². The van der Waals surface area contributed by atoms with Crippen LogP contribution in [-0.4, -0.2) is 27.1 Å². The fourth-order valence-corrected chi connectivity index (χ4v) is 6.98. The van der Waals surface area contributed by atoms with E-state index in [-0.39, 0.29) is 5.60 Å². The molecule has 3 fully saturated rings. The van der Waals surface area contributed by atoms with E-state index >= 15 is 0 Å². The minimum absolute atomic E-state index is 0.190. The summed E-state index contributed by atoms with van der Waals surface area (Å²) in [5, 5.41) is 0. The van der Waals surface area contributed by atoms with E-state index in [0.717, 1.165) is 5.92 Å². The fourth-order valence-electron chi connectivity index (χ4n) is 5.79. The lowest BCUT2D eigenvalue weighted by Crippen LogP contribution is -2.35. The molecule has 1 spiro atoms. The van der Waals surface area contributed by atoms with Crippen molar-refractivity contribution in [2.75, 3.05) is 7.11 Å². The highest BCUT2D eigenvalue weighted by molar-refractivity contribution is 6.69. The molecule has 0 radical (unpaired) electrons. The zero-order chi connectivity index (χ0) is 12.8. The monoisotopic (exact) mass is 264 g/mol. The van der Waals surface area contributed by atoms with Crippen molar-refractivity contribution in [3.63, 3.8) is 0 Å². The Hall–Kier alpha value is -0.123. The second-order valence-corrected chi connectivity index (χ2v) is 12.1. The summed E-state index contributed by atoms with van der Waals surface area (Å²) in [6.45, 7) is 6.95. The standard InChI is InChI=1S/C15H24O2Si/c1-16-15-10-5-6-13(15)14(15)8-7-12(11(14)9-10)17-18(2,3)4/h5-6,10-13H,7-9H2,1-4H3/t10-,11+,12-,13+,14-,15-/m0/s1. The molecule has 100 valence electrons. The molecular formula is C15H24O2Si. The van der Waals surface area contributed by atoms with Gasteiger partial charge in [-0.3, -0.25) is 0 Å². The topological polar surface area (TPSA) is 18.5 Å². The lowest BCUT2D eigenvalue weighted by Gasteiger charge is -2.28. The first-order valence-corrected chi connectivity index (χ1v) is 10.8. The summed E-state index contributed by atoms with van der Waals surface area (Å²) in [6, 6.07) is 0. The van der Waals surface area contributed by atoms with E-state index < -0.39 is 8.32 Å². The molecule has 3 saturated carbocycles. The number of hydrogen-bond donors (Lipinski definition) is 0. The van der Waals surface area contributed by atoms with Gasteiger partial charge >= 0.3 is 0 Å². The van der Waals surface area contributed by atoms with Gasteiger partial charge in [0.05, 0.1) is 5.60 Å². The molecule has 0 unspecified atom stereocenters. The van der Waals surface area contributed by atoms with E-state index in [2.05, 4.69) is 31.8 Å². The molecule has 2 nitrogen and oxygen atoms in total. The first kappa shape index (κ1) is 11.7. The SMILES string of the molecule is CO[C@]12[C@@H]3C=C[C@H]1C[C@@H]1[C@@H](O[Si](C)(C)C)CC[C@]132. The maximum Gasteiger partial charge on any atom is 0.184 e. The van der Waals surface area contributed by atoms with Crippen molar-refractivity contribution in [3.05, 3.63) is 12.2 Å². The maximum absolute atomic E-state index is 6.47. The van der Waals surface area contributed by atoms with E-state index in [9.17, 15) is 0 Å². The summed E-state index contributed by atoms with van der Waals surface area (Å²) < 4.78 is 12.5. The van der Waals surface area contributed by atoms with Gasteiger partial charge in [-0.05, 0) is 44.8 Å². The van der Waals surface area contributed by atoms with Gasteiger partial charge in [0.2, 0.25) is 0 Å². The first-order chi connectivity index (χ1) is 8.46. The second-order valence-electron chi connectivity index (χ2n) is 7.66. The number of rotatable bonds is 3. The average Bonchev–Trinajstić information content (AvgIpc) is 2.54. The molecule has 0 heterocycles. The smallest absolute Gasteiger partial charge is 0.184 e. The molecular weight excluding hydrogens is 240 g/mol. The van der Waals surface area contributed by atoms with Gasteiger partial charge in [-0.1, -0.05) is 12.2 Å². The van der Waals surface area contributed by atoms with Crippen molar-refractivity contribution in [3.8, 4) is 0 Å². The van der Waals surface area contributed by atoms with Crippen molar-refractivity contribution in [1.29, 1.82) is 0 Å². The van der Waals surface area contributed by atoms with Crippen LogP contribution in [0.2, 0.25) is 19.6 Å². The van der Waals surface area contributed by atoms with E-state index in [1.807, 2.05) is 7.11 Å². The molecule has 0 amide bonds. The molecule has 4 aliphatic rings. The van der Waals surface area contributed by atoms with Crippen LogP contribution in [0.15, 0.2) is 12.2 Å². The fraction of sp³-hybridized carbons (Fsp3) is 0.867. The minimum Gasteiger partial charge on any atom is -0.414 e. The Bertz CT molecular complexity index is 427.